The zero-order valence-electron chi connectivity index (χ0n) is 24.3. The lowest BCUT2D eigenvalue weighted by Crippen LogP contribution is -2.50. The Morgan fingerprint density at radius 3 is 2.48 bits per heavy atom. The number of nitrogens with one attached hydrogen (secondary N) is 1. The third-order valence-electron chi connectivity index (χ3n) is 7.17. The van der Waals surface area contributed by atoms with Gasteiger partial charge in [-0.3, -0.25) is 14.4 Å². The highest BCUT2D eigenvalue weighted by Gasteiger charge is 2.44. The molecule has 1 aromatic carbocycles. The molecule has 2 aromatic rings. The molecule has 0 spiro atoms. The maximum Gasteiger partial charge on any atom is 0.243 e. The number of nitrogens with zero attached hydrogens (tertiary/aromatic N) is 2. The van der Waals surface area contributed by atoms with Crippen LogP contribution in [-0.4, -0.2) is 77.7 Å². The summed E-state index contributed by atoms with van der Waals surface area (Å²) in [7, 11) is 0. The van der Waals surface area contributed by atoms with Crippen molar-refractivity contribution in [2.24, 2.45) is 11.3 Å². The summed E-state index contributed by atoms with van der Waals surface area (Å²) in [5.41, 5.74) is 4.30. The van der Waals surface area contributed by atoms with Crippen LogP contribution in [0.2, 0.25) is 0 Å². The summed E-state index contributed by atoms with van der Waals surface area (Å²) in [5.74, 6) is -1.28. The van der Waals surface area contributed by atoms with E-state index in [-0.39, 0.29) is 50.0 Å². The molecule has 0 aliphatic carbocycles. The van der Waals surface area contributed by atoms with Crippen LogP contribution in [0.25, 0.3) is 10.4 Å². The molecule has 10 heteroatoms. The highest BCUT2D eigenvalue weighted by Crippen LogP contribution is 2.34. The van der Waals surface area contributed by atoms with E-state index in [1.54, 1.807) is 11.3 Å². The van der Waals surface area contributed by atoms with Crippen molar-refractivity contribution in [1.82, 2.24) is 15.2 Å². The Hall–Kier alpha value is -2.66. The van der Waals surface area contributed by atoms with Gasteiger partial charge >= 0.3 is 0 Å². The first-order chi connectivity index (χ1) is 19.0. The van der Waals surface area contributed by atoms with Crippen LogP contribution in [0.5, 0.6) is 0 Å². The average molecular weight is 574 g/mol. The van der Waals surface area contributed by atoms with Crippen LogP contribution < -0.4 is 5.32 Å². The second-order valence-corrected chi connectivity index (χ2v) is 12.2. The first-order valence-corrected chi connectivity index (χ1v) is 14.8. The number of aliphatic hydroxyl groups excluding tert-OH is 1. The highest BCUT2D eigenvalue weighted by atomic mass is 32.1. The molecule has 1 aromatic heterocycles. The average Bonchev–Trinajstić information content (AvgIpc) is 3.52. The number of ketones is 1. The third-order valence-corrected chi connectivity index (χ3v) is 8.15. The van der Waals surface area contributed by atoms with Gasteiger partial charge in [-0.25, -0.2) is 4.98 Å². The van der Waals surface area contributed by atoms with Gasteiger partial charge < -0.3 is 24.8 Å². The van der Waals surface area contributed by atoms with Gasteiger partial charge in [0, 0.05) is 44.9 Å². The summed E-state index contributed by atoms with van der Waals surface area (Å²) in [6.07, 6.45) is -0.361. The van der Waals surface area contributed by atoms with Crippen molar-refractivity contribution in [3.63, 3.8) is 0 Å². The summed E-state index contributed by atoms with van der Waals surface area (Å²) >= 11 is 1.59. The molecule has 0 unspecified atom stereocenters. The van der Waals surface area contributed by atoms with Gasteiger partial charge in [-0.2, -0.15) is 0 Å². The van der Waals surface area contributed by atoms with Crippen molar-refractivity contribution in [2.75, 3.05) is 33.0 Å². The molecule has 0 saturated carbocycles. The van der Waals surface area contributed by atoms with E-state index in [4.69, 9.17) is 9.47 Å². The highest BCUT2D eigenvalue weighted by molar-refractivity contribution is 7.13. The van der Waals surface area contributed by atoms with E-state index < -0.39 is 23.5 Å². The van der Waals surface area contributed by atoms with Crippen LogP contribution in [0.1, 0.15) is 58.2 Å². The second-order valence-electron chi connectivity index (χ2n) is 11.3. The molecular weight excluding hydrogens is 530 g/mol. The van der Waals surface area contributed by atoms with Crippen molar-refractivity contribution < 1.29 is 29.0 Å². The fourth-order valence-corrected chi connectivity index (χ4v) is 5.62. The maximum atomic E-state index is 13.7. The number of likely N-dealkylation sites (tertiary alicyclic amines) is 1. The number of amides is 2. The zero-order chi connectivity index (χ0) is 29.3. The lowest BCUT2D eigenvalue weighted by molar-refractivity contribution is -0.146. The van der Waals surface area contributed by atoms with Gasteiger partial charge in [0.25, 0.3) is 0 Å². The molecule has 2 N–H and O–H groups in total. The summed E-state index contributed by atoms with van der Waals surface area (Å²) in [6, 6.07) is 7.15. The van der Waals surface area contributed by atoms with E-state index in [0.717, 1.165) is 21.7 Å². The van der Waals surface area contributed by atoms with Gasteiger partial charge in [-0.1, -0.05) is 45.0 Å². The molecule has 1 fully saturated rings. The van der Waals surface area contributed by atoms with Crippen LogP contribution in [0.3, 0.4) is 0 Å². The third kappa shape index (κ3) is 8.92. The minimum atomic E-state index is -0.795. The number of hydrogen-bond acceptors (Lipinski definition) is 8. The first kappa shape index (κ1) is 31.9. The molecule has 1 aliphatic rings. The van der Waals surface area contributed by atoms with Crippen LogP contribution in [0, 0.1) is 18.3 Å². The van der Waals surface area contributed by atoms with Crippen molar-refractivity contribution in [3.05, 3.63) is 41.0 Å². The van der Waals surface area contributed by atoms with E-state index in [0.29, 0.717) is 26.4 Å². The van der Waals surface area contributed by atoms with Crippen molar-refractivity contribution in [3.8, 4) is 10.4 Å². The Balaban J connectivity index is 1.59. The minimum absolute atomic E-state index is 0.0592. The van der Waals surface area contributed by atoms with Crippen molar-refractivity contribution >= 4 is 28.9 Å². The lowest BCUT2D eigenvalue weighted by atomic mass is 9.76. The fraction of sp³-hybridized carbons (Fsp3) is 0.600. The van der Waals surface area contributed by atoms with Gasteiger partial charge in [0.15, 0.2) is 0 Å². The summed E-state index contributed by atoms with van der Waals surface area (Å²) in [5, 5.41) is 13.3. The molecule has 40 heavy (non-hydrogen) atoms. The predicted octanol–water partition coefficient (Wildman–Crippen LogP) is 3.76. The molecule has 3 atom stereocenters. The smallest absolute Gasteiger partial charge is 0.243 e. The summed E-state index contributed by atoms with van der Waals surface area (Å²) in [4.78, 5) is 46.5. The second kappa shape index (κ2) is 14.8. The zero-order valence-corrected chi connectivity index (χ0v) is 25.1. The van der Waals surface area contributed by atoms with Crippen molar-refractivity contribution in [2.45, 2.75) is 72.6 Å². The molecule has 2 amide bonds. The summed E-state index contributed by atoms with van der Waals surface area (Å²) in [6.45, 7) is 11.8. The van der Waals surface area contributed by atoms with E-state index in [1.165, 1.54) is 4.90 Å². The van der Waals surface area contributed by atoms with Gasteiger partial charge in [-0.05, 0) is 30.4 Å². The monoisotopic (exact) mass is 573 g/mol. The molecule has 1 aliphatic heterocycles. The number of carbonyl (C=O) groups excluding carboxylic acids is 3. The molecule has 0 radical (unpaired) electrons. The van der Waals surface area contributed by atoms with Crippen molar-refractivity contribution in [1.29, 1.82) is 0 Å². The normalized spacial score (nSPS) is 18.1. The van der Waals surface area contributed by atoms with Crippen LogP contribution in [0.15, 0.2) is 29.8 Å². The van der Waals surface area contributed by atoms with Gasteiger partial charge in [-0.15, -0.1) is 11.3 Å². The van der Waals surface area contributed by atoms with Crippen LogP contribution >= 0.6 is 11.3 Å². The molecule has 9 nitrogen and oxygen atoms in total. The number of aromatic nitrogens is 1. The first-order valence-electron chi connectivity index (χ1n) is 13.9. The Labute approximate surface area is 241 Å². The van der Waals surface area contributed by atoms with Gasteiger partial charge in [0.2, 0.25) is 11.8 Å². The predicted molar refractivity (Wildman–Crippen MR) is 155 cm³/mol. The summed E-state index contributed by atoms with van der Waals surface area (Å²) < 4.78 is 10.7. The van der Waals surface area contributed by atoms with E-state index in [2.05, 4.69) is 10.3 Å². The Bertz CT molecular complexity index is 1130. The number of rotatable bonds is 14. The number of benzene rings is 1. The standard InChI is InChI=1S/C30H43N3O6S/c1-6-38-13-14-39-12-11-23(34)15-25(30(3,4)5)29(37)33-18-24(35)16-26(33)28(36)31-17-21-7-9-22(10-8-21)27-20(2)32-19-40-27/h7-10,19,24-26,35H,6,11-18H2,1-5H3,(H,31,36)/t24-,25-,26+/m1/s1. The topological polar surface area (TPSA) is 118 Å². The molecule has 2 heterocycles. The van der Waals surface area contributed by atoms with Crippen LogP contribution in [-0.2, 0) is 30.4 Å². The van der Waals surface area contributed by atoms with Crippen LogP contribution in [0.4, 0.5) is 0 Å². The number of aliphatic hydroxyl groups is 1. The number of hydrogen-bond donors (Lipinski definition) is 2. The Kier molecular flexibility index (Phi) is 11.8. The van der Waals surface area contributed by atoms with E-state index >= 15 is 0 Å². The minimum Gasteiger partial charge on any atom is -0.391 e. The SMILES string of the molecule is CCOCCOCCC(=O)C[C@H](C(=O)N1C[C@H](O)C[C@H]1C(=O)NCc1ccc(-c2scnc2C)cc1)C(C)(C)C. The number of carbonyl (C=O) groups is 3. The maximum absolute atomic E-state index is 13.7. The lowest BCUT2D eigenvalue weighted by Gasteiger charge is -2.34. The molecular formula is C30H43N3O6S. The van der Waals surface area contributed by atoms with Gasteiger partial charge in [0.1, 0.15) is 11.8 Å². The number of thiazole rings is 1. The molecule has 3 rings (SSSR count). The Morgan fingerprint density at radius 1 is 1.15 bits per heavy atom. The van der Waals surface area contributed by atoms with E-state index in [1.807, 2.05) is 64.4 Å². The molecule has 220 valence electrons. The molecule has 0 bridgehead atoms. The number of aryl methyl sites for hydroxylation is 1. The molecule has 1 saturated heterocycles. The Morgan fingerprint density at radius 2 is 1.85 bits per heavy atom. The van der Waals surface area contributed by atoms with Gasteiger partial charge in [0.05, 0.1) is 42.0 Å². The quantitative estimate of drug-likeness (QED) is 0.331. The number of β-amino-alcohol motifs (C(OH)–C–C–N with tert-alkyl or cyclic N) is 1. The van der Waals surface area contributed by atoms with E-state index in [9.17, 15) is 19.5 Å². The largest absolute Gasteiger partial charge is 0.391 e. The number of ether oxygens (including phenoxy) is 2. The number of Topliss-reactive ketones (excluding diaryl/α,β-unsaturated/α-hetero) is 1. The fourth-order valence-electron chi connectivity index (χ4n) is 4.81.